The van der Waals surface area contributed by atoms with Crippen LogP contribution < -0.4 is 4.74 Å². The van der Waals surface area contributed by atoms with Crippen LogP contribution in [0.15, 0.2) is 24.3 Å². The molecule has 1 rings (SSSR count). The van der Waals surface area contributed by atoms with Crippen molar-refractivity contribution < 1.29 is 14.6 Å². The Morgan fingerprint density at radius 2 is 2.10 bits per heavy atom. The highest BCUT2D eigenvalue weighted by Gasteiger charge is 2.10. The van der Waals surface area contributed by atoms with Crippen molar-refractivity contribution in [1.82, 2.24) is 4.90 Å². The minimum Gasteiger partial charge on any atom is -0.492 e. The molecular weight excluding hydrogens is 254 g/mol. The van der Waals surface area contributed by atoms with Crippen LogP contribution in [-0.2, 0) is 4.79 Å². The Morgan fingerprint density at radius 1 is 1.35 bits per heavy atom. The molecular formula is C16H25NO3. The molecule has 1 aromatic carbocycles. The Balaban J connectivity index is 2.33. The lowest BCUT2D eigenvalue weighted by atomic mass is 10.2. The second kappa shape index (κ2) is 8.59. The SMILES string of the molecule is Cc1cccc(OCCN(CCCC(=O)O)C(C)C)c1. The molecule has 0 aliphatic heterocycles. The summed E-state index contributed by atoms with van der Waals surface area (Å²) in [7, 11) is 0. The first-order valence-electron chi connectivity index (χ1n) is 7.14. The van der Waals surface area contributed by atoms with Crippen molar-refractivity contribution in [2.24, 2.45) is 0 Å². The van der Waals surface area contributed by atoms with E-state index in [1.54, 1.807) is 0 Å². The molecule has 0 aliphatic rings. The van der Waals surface area contributed by atoms with Crippen molar-refractivity contribution in [3.63, 3.8) is 0 Å². The summed E-state index contributed by atoms with van der Waals surface area (Å²) >= 11 is 0. The van der Waals surface area contributed by atoms with Crippen LogP contribution in [0.1, 0.15) is 32.3 Å². The fraction of sp³-hybridized carbons (Fsp3) is 0.562. The topological polar surface area (TPSA) is 49.8 Å². The van der Waals surface area contributed by atoms with Crippen molar-refractivity contribution in [1.29, 1.82) is 0 Å². The van der Waals surface area contributed by atoms with Crippen LogP contribution >= 0.6 is 0 Å². The summed E-state index contributed by atoms with van der Waals surface area (Å²) in [4.78, 5) is 12.8. The van der Waals surface area contributed by atoms with Gasteiger partial charge in [-0.1, -0.05) is 12.1 Å². The van der Waals surface area contributed by atoms with E-state index in [1.807, 2.05) is 31.2 Å². The first-order valence-corrected chi connectivity index (χ1v) is 7.14. The van der Waals surface area contributed by atoms with Crippen LogP contribution in [0.2, 0.25) is 0 Å². The molecule has 0 heterocycles. The van der Waals surface area contributed by atoms with Crippen LogP contribution in [0.25, 0.3) is 0 Å². The van der Waals surface area contributed by atoms with E-state index in [9.17, 15) is 4.79 Å². The lowest BCUT2D eigenvalue weighted by Gasteiger charge is -2.26. The lowest BCUT2D eigenvalue weighted by molar-refractivity contribution is -0.137. The van der Waals surface area contributed by atoms with Gasteiger partial charge in [0.1, 0.15) is 12.4 Å². The number of carboxylic acids is 1. The van der Waals surface area contributed by atoms with E-state index < -0.39 is 5.97 Å². The summed E-state index contributed by atoms with van der Waals surface area (Å²) in [6, 6.07) is 8.39. The smallest absolute Gasteiger partial charge is 0.303 e. The summed E-state index contributed by atoms with van der Waals surface area (Å²) in [5.41, 5.74) is 1.18. The fourth-order valence-corrected chi connectivity index (χ4v) is 2.05. The van der Waals surface area contributed by atoms with E-state index >= 15 is 0 Å². The number of benzene rings is 1. The van der Waals surface area contributed by atoms with Gasteiger partial charge in [-0.2, -0.15) is 0 Å². The molecule has 0 atom stereocenters. The molecule has 4 heteroatoms. The Morgan fingerprint density at radius 3 is 2.70 bits per heavy atom. The van der Waals surface area contributed by atoms with Gasteiger partial charge in [-0.15, -0.1) is 0 Å². The summed E-state index contributed by atoms with van der Waals surface area (Å²) < 4.78 is 5.74. The fourth-order valence-electron chi connectivity index (χ4n) is 2.05. The van der Waals surface area contributed by atoms with Gasteiger partial charge in [0.15, 0.2) is 0 Å². The summed E-state index contributed by atoms with van der Waals surface area (Å²) in [6.07, 6.45) is 0.903. The van der Waals surface area contributed by atoms with Crippen LogP contribution in [0, 0.1) is 6.92 Å². The number of carboxylic acid groups (broad SMARTS) is 1. The first-order chi connectivity index (χ1) is 9.49. The number of hydrogen-bond acceptors (Lipinski definition) is 3. The molecule has 0 saturated heterocycles. The zero-order chi connectivity index (χ0) is 15.0. The largest absolute Gasteiger partial charge is 0.492 e. The molecule has 0 bridgehead atoms. The zero-order valence-electron chi connectivity index (χ0n) is 12.6. The van der Waals surface area contributed by atoms with Gasteiger partial charge in [0.05, 0.1) is 0 Å². The van der Waals surface area contributed by atoms with E-state index in [4.69, 9.17) is 9.84 Å². The van der Waals surface area contributed by atoms with Crippen molar-refractivity contribution in [2.75, 3.05) is 19.7 Å². The quantitative estimate of drug-likeness (QED) is 0.755. The second-order valence-electron chi connectivity index (χ2n) is 5.29. The van der Waals surface area contributed by atoms with Crippen molar-refractivity contribution >= 4 is 5.97 Å². The summed E-state index contributed by atoms with van der Waals surface area (Å²) in [5.74, 6) is 0.156. The van der Waals surface area contributed by atoms with E-state index in [-0.39, 0.29) is 6.42 Å². The van der Waals surface area contributed by atoms with Gasteiger partial charge >= 0.3 is 5.97 Å². The highest BCUT2D eigenvalue weighted by atomic mass is 16.5. The number of nitrogens with zero attached hydrogens (tertiary/aromatic N) is 1. The second-order valence-corrected chi connectivity index (χ2v) is 5.29. The molecule has 0 amide bonds. The van der Waals surface area contributed by atoms with Crippen LogP contribution in [0.3, 0.4) is 0 Å². The number of aryl methyl sites for hydroxylation is 1. The molecule has 0 aliphatic carbocycles. The van der Waals surface area contributed by atoms with E-state index in [0.29, 0.717) is 19.1 Å². The lowest BCUT2D eigenvalue weighted by Crippen LogP contribution is -2.35. The number of aliphatic carboxylic acids is 1. The molecule has 0 spiro atoms. The molecule has 0 saturated carbocycles. The van der Waals surface area contributed by atoms with Gasteiger partial charge in [0.2, 0.25) is 0 Å². The highest BCUT2D eigenvalue weighted by Crippen LogP contribution is 2.12. The number of ether oxygens (including phenoxy) is 1. The van der Waals surface area contributed by atoms with Gasteiger partial charge in [0.25, 0.3) is 0 Å². The molecule has 4 nitrogen and oxygen atoms in total. The van der Waals surface area contributed by atoms with Crippen molar-refractivity contribution in [3.05, 3.63) is 29.8 Å². The zero-order valence-corrected chi connectivity index (χ0v) is 12.6. The Kier molecular flexibility index (Phi) is 7.09. The summed E-state index contributed by atoms with van der Waals surface area (Å²) in [5, 5.41) is 8.67. The average Bonchev–Trinajstić information content (AvgIpc) is 2.36. The maximum atomic E-state index is 10.5. The number of carbonyl (C=O) groups is 1. The van der Waals surface area contributed by atoms with Crippen LogP contribution in [-0.4, -0.2) is 41.7 Å². The Bertz CT molecular complexity index is 418. The molecule has 0 aromatic heterocycles. The Hall–Kier alpha value is -1.55. The third-order valence-electron chi connectivity index (χ3n) is 3.20. The first kappa shape index (κ1) is 16.5. The molecule has 0 unspecified atom stereocenters. The summed E-state index contributed by atoms with van der Waals surface area (Å²) in [6.45, 7) is 8.50. The standard InChI is InChI=1S/C16H25NO3/c1-13(2)17(9-5-8-16(18)19)10-11-20-15-7-4-6-14(3)12-15/h4,6-7,12-13H,5,8-11H2,1-3H3,(H,18,19). The highest BCUT2D eigenvalue weighted by molar-refractivity contribution is 5.66. The van der Waals surface area contributed by atoms with Crippen LogP contribution in [0.5, 0.6) is 5.75 Å². The predicted molar refractivity (Wildman–Crippen MR) is 80.3 cm³/mol. The maximum Gasteiger partial charge on any atom is 0.303 e. The van der Waals surface area contributed by atoms with E-state index in [2.05, 4.69) is 18.7 Å². The monoisotopic (exact) mass is 279 g/mol. The predicted octanol–water partition coefficient (Wildman–Crippen LogP) is 2.95. The van der Waals surface area contributed by atoms with E-state index in [0.717, 1.165) is 18.8 Å². The number of hydrogen-bond donors (Lipinski definition) is 1. The van der Waals surface area contributed by atoms with Crippen molar-refractivity contribution in [3.8, 4) is 5.75 Å². The van der Waals surface area contributed by atoms with Gasteiger partial charge in [-0.05, 0) is 51.4 Å². The number of rotatable bonds is 9. The minimum atomic E-state index is -0.732. The average molecular weight is 279 g/mol. The van der Waals surface area contributed by atoms with E-state index in [1.165, 1.54) is 5.56 Å². The minimum absolute atomic E-state index is 0.224. The Labute approximate surface area is 121 Å². The van der Waals surface area contributed by atoms with Gasteiger partial charge in [-0.25, -0.2) is 0 Å². The molecule has 0 radical (unpaired) electrons. The molecule has 1 aromatic rings. The molecule has 112 valence electrons. The van der Waals surface area contributed by atoms with Gasteiger partial charge < -0.3 is 9.84 Å². The normalized spacial score (nSPS) is 11.1. The molecule has 0 fully saturated rings. The third-order valence-corrected chi connectivity index (χ3v) is 3.20. The van der Waals surface area contributed by atoms with Gasteiger partial charge in [-0.3, -0.25) is 9.69 Å². The van der Waals surface area contributed by atoms with Crippen molar-refractivity contribution in [2.45, 2.75) is 39.7 Å². The van der Waals surface area contributed by atoms with Crippen LogP contribution in [0.4, 0.5) is 0 Å². The van der Waals surface area contributed by atoms with Gasteiger partial charge in [0, 0.05) is 19.0 Å². The third kappa shape index (κ3) is 6.57. The molecule has 1 N–H and O–H groups in total. The molecule has 20 heavy (non-hydrogen) atoms. The maximum absolute atomic E-state index is 10.5.